The summed E-state index contributed by atoms with van der Waals surface area (Å²) in [5, 5.41) is 1.15. The Morgan fingerprint density at radius 2 is 1.83 bits per heavy atom. The molecule has 2 heterocycles. The number of aromatic nitrogens is 1. The van der Waals surface area contributed by atoms with Gasteiger partial charge in [-0.05, 0) is 68.5 Å². The zero-order valence-corrected chi connectivity index (χ0v) is 23.3. The highest BCUT2D eigenvalue weighted by Crippen LogP contribution is 2.36. The Kier molecular flexibility index (Phi) is 8.67. The molecule has 1 aliphatic heterocycles. The molecule has 2 aromatic carbocycles. The first kappa shape index (κ1) is 27.0. The monoisotopic (exact) mass is 549 g/mol. The molecule has 7 nitrogen and oxygen atoms in total. The molecule has 0 saturated carbocycles. The quantitative estimate of drug-likeness (QED) is 0.315. The molecule has 1 saturated heterocycles. The summed E-state index contributed by atoms with van der Waals surface area (Å²) in [5.41, 5.74) is 2.16. The number of sulfonamides is 1. The summed E-state index contributed by atoms with van der Waals surface area (Å²) in [6, 6.07) is 9.96. The second-order valence-corrected chi connectivity index (χ2v) is 12.3. The maximum Gasteiger partial charge on any atom is 0.260 e. The highest BCUT2D eigenvalue weighted by atomic mass is 35.5. The van der Waals surface area contributed by atoms with Crippen molar-refractivity contribution in [2.45, 2.75) is 57.5 Å². The van der Waals surface area contributed by atoms with E-state index in [9.17, 15) is 13.2 Å². The molecule has 194 valence electrons. The average molecular weight is 550 g/mol. The van der Waals surface area contributed by atoms with Gasteiger partial charge < -0.3 is 4.74 Å². The van der Waals surface area contributed by atoms with Crippen molar-refractivity contribution in [2.24, 2.45) is 0 Å². The van der Waals surface area contributed by atoms with Gasteiger partial charge in [-0.3, -0.25) is 9.69 Å². The fourth-order valence-corrected chi connectivity index (χ4v) is 7.32. The smallest absolute Gasteiger partial charge is 0.260 e. The average Bonchev–Trinajstić information content (AvgIpc) is 3.55. The fraction of sp³-hybridized carbons (Fsp3) is 0.462. The Morgan fingerprint density at radius 1 is 1.14 bits per heavy atom. The first-order valence-corrected chi connectivity index (χ1v) is 15.0. The Hall–Kier alpha value is -2.04. The zero-order chi connectivity index (χ0) is 25.9. The number of nitrogens with zero attached hydrogens (tertiary/aromatic N) is 3. The lowest BCUT2D eigenvalue weighted by Crippen LogP contribution is -2.37. The number of amides is 1. The van der Waals surface area contributed by atoms with Crippen molar-refractivity contribution in [1.29, 1.82) is 0 Å². The van der Waals surface area contributed by atoms with Crippen LogP contribution in [0.15, 0.2) is 41.3 Å². The van der Waals surface area contributed by atoms with Crippen molar-refractivity contribution in [1.82, 2.24) is 9.29 Å². The van der Waals surface area contributed by atoms with Crippen LogP contribution in [-0.4, -0.2) is 56.0 Å². The number of ether oxygens (including phenoxy) is 1. The molecule has 0 N–H and O–H groups in total. The van der Waals surface area contributed by atoms with E-state index in [0.29, 0.717) is 42.0 Å². The number of aryl methyl sites for hydroxylation is 1. The van der Waals surface area contributed by atoms with Crippen molar-refractivity contribution < 1.29 is 17.9 Å². The third kappa shape index (κ3) is 5.60. The molecule has 1 amide bonds. The van der Waals surface area contributed by atoms with E-state index in [0.717, 1.165) is 41.5 Å². The van der Waals surface area contributed by atoms with E-state index in [4.69, 9.17) is 21.3 Å². The number of halogens is 1. The number of anilines is 1. The number of carbonyl (C=O) groups is 1. The predicted molar refractivity (Wildman–Crippen MR) is 146 cm³/mol. The van der Waals surface area contributed by atoms with Crippen LogP contribution in [0.25, 0.3) is 10.2 Å². The number of thiazole rings is 1. The Labute approximate surface area is 222 Å². The maximum atomic E-state index is 13.7. The van der Waals surface area contributed by atoms with Gasteiger partial charge in [-0.1, -0.05) is 42.9 Å². The number of rotatable bonds is 10. The molecule has 0 bridgehead atoms. The lowest BCUT2D eigenvalue weighted by molar-refractivity contribution is 0.0917. The van der Waals surface area contributed by atoms with Crippen LogP contribution in [0, 0.1) is 6.92 Å². The van der Waals surface area contributed by atoms with Crippen molar-refractivity contribution in [3.05, 3.63) is 52.5 Å². The standard InChI is InChI=1S/C26H32ClN3O4S2/c1-4-14-29(15-5-2)36(32,33)21-11-9-19(10-12-21)25(31)30(17-20-7-6-16-34-20)26-28-23-18(3)8-13-22(27)24(23)35-26/h8-13,20H,4-7,14-17H2,1-3H3. The van der Waals surface area contributed by atoms with E-state index in [-0.39, 0.29) is 16.9 Å². The molecule has 0 aliphatic carbocycles. The van der Waals surface area contributed by atoms with E-state index >= 15 is 0 Å². The molecule has 10 heteroatoms. The van der Waals surface area contributed by atoms with Gasteiger partial charge in [0.15, 0.2) is 5.13 Å². The topological polar surface area (TPSA) is 79.8 Å². The molecule has 1 aromatic heterocycles. The first-order chi connectivity index (χ1) is 17.3. The van der Waals surface area contributed by atoms with E-state index in [1.165, 1.54) is 27.8 Å². The molecule has 0 radical (unpaired) electrons. The predicted octanol–water partition coefficient (Wildman–Crippen LogP) is 5.89. The lowest BCUT2D eigenvalue weighted by Gasteiger charge is -2.23. The van der Waals surface area contributed by atoms with Crippen LogP contribution in [0.3, 0.4) is 0 Å². The molecule has 0 spiro atoms. The highest BCUT2D eigenvalue weighted by molar-refractivity contribution is 7.89. The van der Waals surface area contributed by atoms with Gasteiger partial charge in [-0.15, -0.1) is 0 Å². The highest BCUT2D eigenvalue weighted by Gasteiger charge is 2.29. The summed E-state index contributed by atoms with van der Waals surface area (Å²) in [6.45, 7) is 7.86. The van der Waals surface area contributed by atoms with Crippen LogP contribution in [0.4, 0.5) is 5.13 Å². The second-order valence-electron chi connectivity index (χ2n) is 9.02. The molecular weight excluding hydrogens is 518 g/mol. The van der Waals surface area contributed by atoms with Gasteiger partial charge in [0.1, 0.15) is 0 Å². The SMILES string of the molecule is CCCN(CCC)S(=O)(=O)c1ccc(C(=O)N(CC2CCCO2)c2nc3c(C)ccc(Cl)c3s2)cc1. The second kappa shape index (κ2) is 11.6. The summed E-state index contributed by atoms with van der Waals surface area (Å²) in [4.78, 5) is 20.3. The summed E-state index contributed by atoms with van der Waals surface area (Å²) < 4.78 is 34.4. The van der Waals surface area contributed by atoms with E-state index in [2.05, 4.69) is 0 Å². The van der Waals surface area contributed by atoms with Crippen molar-refractivity contribution in [2.75, 3.05) is 31.1 Å². The molecule has 1 fully saturated rings. The minimum Gasteiger partial charge on any atom is -0.376 e. The summed E-state index contributed by atoms with van der Waals surface area (Å²) >= 11 is 7.80. The fourth-order valence-electron chi connectivity index (χ4n) is 4.37. The lowest BCUT2D eigenvalue weighted by atomic mass is 10.2. The van der Waals surface area contributed by atoms with E-state index < -0.39 is 10.0 Å². The van der Waals surface area contributed by atoms with Gasteiger partial charge in [-0.2, -0.15) is 4.31 Å². The third-order valence-corrected chi connectivity index (χ3v) is 9.71. The molecule has 1 atom stereocenters. The third-order valence-electron chi connectivity index (χ3n) is 6.26. The van der Waals surface area contributed by atoms with Crippen LogP contribution in [0.2, 0.25) is 5.02 Å². The van der Waals surface area contributed by atoms with E-state index in [1.807, 2.05) is 32.9 Å². The molecule has 1 aliphatic rings. The van der Waals surface area contributed by atoms with Crippen LogP contribution >= 0.6 is 22.9 Å². The van der Waals surface area contributed by atoms with Gasteiger partial charge in [-0.25, -0.2) is 13.4 Å². The van der Waals surface area contributed by atoms with Crippen molar-refractivity contribution in [3.63, 3.8) is 0 Å². The molecule has 4 rings (SSSR count). The summed E-state index contributed by atoms with van der Waals surface area (Å²) in [6.07, 6.45) is 3.22. The minimum atomic E-state index is -3.62. The number of carbonyl (C=O) groups excluding carboxylic acids is 1. The largest absolute Gasteiger partial charge is 0.376 e. The van der Waals surface area contributed by atoms with E-state index in [1.54, 1.807) is 17.0 Å². The van der Waals surface area contributed by atoms with Gasteiger partial charge in [0.2, 0.25) is 10.0 Å². The van der Waals surface area contributed by atoms with Crippen molar-refractivity contribution >= 4 is 54.2 Å². The van der Waals surface area contributed by atoms with Crippen LogP contribution in [0.5, 0.6) is 0 Å². The minimum absolute atomic E-state index is 0.0752. The Bertz CT molecular complexity index is 1270. The normalized spacial score (nSPS) is 16.2. The van der Waals surface area contributed by atoms with Crippen LogP contribution < -0.4 is 4.90 Å². The van der Waals surface area contributed by atoms with Gasteiger partial charge in [0, 0.05) is 25.3 Å². The number of hydrogen-bond acceptors (Lipinski definition) is 6. The van der Waals surface area contributed by atoms with Crippen molar-refractivity contribution in [3.8, 4) is 0 Å². The Morgan fingerprint density at radius 3 is 2.42 bits per heavy atom. The number of fused-ring (bicyclic) bond motifs is 1. The molecule has 36 heavy (non-hydrogen) atoms. The van der Waals surface area contributed by atoms with Gasteiger partial charge >= 0.3 is 0 Å². The van der Waals surface area contributed by atoms with Gasteiger partial charge in [0.25, 0.3) is 5.91 Å². The summed E-state index contributed by atoms with van der Waals surface area (Å²) in [7, 11) is -3.62. The van der Waals surface area contributed by atoms with Crippen LogP contribution in [0.1, 0.15) is 55.5 Å². The molecule has 3 aromatic rings. The molecule has 1 unspecified atom stereocenters. The van der Waals surface area contributed by atoms with Crippen LogP contribution in [-0.2, 0) is 14.8 Å². The maximum absolute atomic E-state index is 13.7. The zero-order valence-electron chi connectivity index (χ0n) is 20.9. The summed E-state index contributed by atoms with van der Waals surface area (Å²) in [5.74, 6) is -0.249. The first-order valence-electron chi connectivity index (χ1n) is 12.4. The number of benzene rings is 2. The molecular formula is C26H32ClN3O4S2. The Balaban J connectivity index is 1.66. The number of hydrogen-bond donors (Lipinski definition) is 0. The van der Waals surface area contributed by atoms with Gasteiger partial charge in [0.05, 0.1) is 32.8 Å².